The quantitative estimate of drug-likeness (QED) is 0.251. The predicted molar refractivity (Wildman–Crippen MR) is 57.2 cm³/mol. The van der Waals surface area contributed by atoms with E-state index >= 15 is 0 Å². The van der Waals surface area contributed by atoms with Crippen molar-refractivity contribution >= 4 is 23.8 Å². The van der Waals surface area contributed by atoms with Gasteiger partial charge in [0.1, 0.15) is 12.6 Å². The van der Waals surface area contributed by atoms with Crippen molar-refractivity contribution in [2.45, 2.75) is 12.1 Å². The average Bonchev–Trinajstić information content (AvgIpc) is 2.31. The number of rotatable bonds is 7. The summed E-state index contributed by atoms with van der Waals surface area (Å²) >= 11 is 0. The second-order valence-corrected chi connectivity index (χ2v) is 3.22. The van der Waals surface area contributed by atoms with Crippen LogP contribution in [0.4, 0.5) is 0 Å². The van der Waals surface area contributed by atoms with Gasteiger partial charge in [0.25, 0.3) is 0 Å². The van der Waals surface area contributed by atoms with Gasteiger partial charge in [-0.1, -0.05) is 0 Å². The molecule has 0 bridgehead atoms. The lowest BCUT2D eigenvalue weighted by molar-refractivity contribution is -0.143. The molecule has 0 fully saturated rings. The van der Waals surface area contributed by atoms with E-state index in [9.17, 15) is 19.2 Å². The van der Waals surface area contributed by atoms with Gasteiger partial charge in [0.2, 0.25) is 11.8 Å². The second-order valence-electron chi connectivity index (χ2n) is 3.22. The van der Waals surface area contributed by atoms with Crippen molar-refractivity contribution in [3.63, 3.8) is 0 Å². The number of carboxylic acid groups (broad SMARTS) is 2. The highest BCUT2D eigenvalue weighted by atomic mass is 16.4. The molecule has 0 aromatic rings. The SMILES string of the molecule is NC[C@H](NC(=O)[C@H](N)C(=O)O)C(=O)NCC(=O)O. The summed E-state index contributed by atoms with van der Waals surface area (Å²) in [7, 11) is 0. The molecule has 0 saturated carbocycles. The Balaban J connectivity index is 4.42. The zero-order valence-corrected chi connectivity index (χ0v) is 9.25. The maximum Gasteiger partial charge on any atom is 0.330 e. The Kier molecular flexibility index (Phi) is 6.31. The van der Waals surface area contributed by atoms with Crippen LogP contribution < -0.4 is 22.1 Å². The summed E-state index contributed by atoms with van der Waals surface area (Å²) in [5.74, 6) is -4.77. The Bertz CT molecular complexity index is 357. The van der Waals surface area contributed by atoms with Crippen molar-refractivity contribution in [1.82, 2.24) is 10.6 Å². The molecular weight excluding hydrogens is 248 g/mol. The summed E-state index contributed by atoms with van der Waals surface area (Å²) in [4.78, 5) is 43.2. The molecule has 0 aliphatic rings. The number of carbonyl (C=O) groups excluding carboxylic acids is 2. The molecular formula is C8H14N4O6. The molecule has 0 aromatic carbocycles. The third-order valence-corrected chi connectivity index (χ3v) is 1.83. The molecule has 2 amide bonds. The highest BCUT2D eigenvalue weighted by Crippen LogP contribution is 1.86. The van der Waals surface area contributed by atoms with Crippen molar-refractivity contribution < 1.29 is 29.4 Å². The molecule has 0 aliphatic heterocycles. The van der Waals surface area contributed by atoms with Gasteiger partial charge >= 0.3 is 11.9 Å². The second kappa shape index (κ2) is 7.19. The fourth-order valence-electron chi connectivity index (χ4n) is 0.891. The molecule has 102 valence electrons. The summed E-state index contributed by atoms with van der Waals surface area (Å²) in [6, 6.07) is -3.08. The van der Waals surface area contributed by atoms with Crippen molar-refractivity contribution in [2.75, 3.05) is 13.1 Å². The minimum atomic E-state index is -1.83. The summed E-state index contributed by atoms with van der Waals surface area (Å²) in [6.07, 6.45) is 0. The van der Waals surface area contributed by atoms with Crippen molar-refractivity contribution in [3.8, 4) is 0 Å². The fourth-order valence-corrected chi connectivity index (χ4v) is 0.891. The van der Waals surface area contributed by atoms with Gasteiger partial charge in [0, 0.05) is 6.54 Å². The van der Waals surface area contributed by atoms with Crippen LogP contribution in [-0.2, 0) is 19.2 Å². The molecule has 0 unspecified atom stereocenters. The first-order valence-corrected chi connectivity index (χ1v) is 4.78. The lowest BCUT2D eigenvalue weighted by atomic mass is 10.2. The zero-order valence-electron chi connectivity index (χ0n) is 9.25. The smallest absolute Gasteiger partial charge is 0.330 e. The molecule has 0 aliphatic carbocycles. The van der Waals surface area contributed by atoms with E-state index < -0.39 is 42.4 Å². The number of amides is 2. The van der Waals surface area contributed by atoms with Crippen LogP contribution in [0.5, 0.6) is 0 Å². The third-order valence-electron chi connectivity index (χ3n) is 1.83. The number of hydrogen-bond donors (Lipinski definition) is 6. The fraction of sp³-hybridized carbons (Fsp3) is 0.500. The van der Waals surface area contributed by atoms with E-state index in [2.05, 4.69) is 0 Å². The molecule has 0 spiro atoms. The normalized spacial score (nSPS) is 13.2. The van der Waals surface area contributed by atoms with Crippen LogP contribution in [0.2, 0.25) is 0 Å². The van der Waals surface area contributed by atoms with Gasteiger partial charge in [-0.2, -0.15) is 0 Å². The van der Waals surface area contributed by atoms with Gasteiger partial charge in [0.05, 0.1) is 0 Å². The Labute approximate surface area is 101 Å². The Morgan fingerprint density at radius 1 is 1.11 bits per heavy atom. The van der Waals surface area contributed by atoms with Gasteiger partial charge in [-0.3, -0.25) is 14.4 Å². The summed E-state index contributed by atoms with van der Waals surface area (Å²) in [6.45, 7) is -0.973. The molecule has 10 nitrogen and oxygen atoms in total. The van der Waals surface area contributed by atoms with E-state index in [1.54, 1.807) is 0 Å². The van der Waals surface area contributed by atoms with E-state index in [0.717, 1.165) is 0 Å². The Morgan fingerprint density at radius 2 is 1.67 bits per heavy atom. The van der Waals surface area contributed by atoms with Crippen LogP contribution in [-0.4, -0.2) is 59.1 Å². The average molecular weight is 262 g/mol. The maximum atomic E-state index is 11.3. The van der Waals surface area contributed by atoms with E-state index in [1.165, 1.54) is 0 Å². The van der Waals surface area contributed by atoms with Crippen molar-refractivity contribution in [1.29, 1.82) is 0 Å². The molecule has 2 atom stereocenters. The molecule has 0 rings (SSSR count). The number of carbonyl (C=O) groups is 4. The third kappa shape index (κ3) is 5.23. The first-order valence-electron chi connectivity index (χ1n) is 4.78. The van der Waals surface area contributed by atoms with Crippen LogP contribution in [0.15, 0.2) is 0 Å². The van der Waals surface area contributed by atoms with Crippen LogP contribution in [0.25, 0.3) is 0 Å². The van der Waals surface area contributed by atoms with E-state index in [0.29, 0.717) is 0 Å². The first-order chi connectivity index (χ1) is 8.29. The molecule has 10 heteroatoms. The first kappa shape index (κ1) is 15.8. The Morgan fingerprint density at radius 3 is 2.06 bits per heavy atom. The van der Waals surface area contributed by atoms with Gasteiger partial charge in [-0.05, 0) is 0 Å². The highest BCUT2D eigenvalue weighted by Gasteiger charge is 2.26. The van der Waals surface area contributed by atoms with Gasteiger partial charge in [-0.15, -0.1) is 0 Å². The molecule has 8 N–H and O–H groups in total. The van der Waals surface area contributed by atoms with Gasteiger partial charge in [-0.25, -0.2) is 4.79 Å². The number of carboxylic acids is 2. The summed E-state index contributed by atoms with van der Waals surface area (Å²) in [5.41, 5.74) is 10.2. The number of nitrogens with one attached hydrogen (secondary N) is 2. The van der Waals surface area contributed by atoms with Gasteiger partial charge in [0.15, 0.2) is 6.04 Å². The molecule has 0 aromatic heterocycles. The molecule has 18 heavy (non-hydrogen) atoms. The minimum Gasteiger partial charge on any atom is -0.480 e. The van der Waals surface area contributed by atoms with Crippen LogP contribution >= 0.6 is 0 Å². The summed E-state index contributed by atoms with van der Waals surface area (Å²) < 4.78 is 0. The predicted octanol–water partition coefficient (Wildman–Crippen LogP) is -3.96. The van der Waals surface area contributed by atoms with Crippen molar-refractivity contribution in [2.24, 2.45) is 11.5 Å². The zero-order chi connectivity index (χ0) is 14.3. The Hall–Kier alpha value is -2.20. The molecule has 0 radical (unpaired) electrons. The topological polar surface area (TPSA) is 185 Å². The number of hydrogen-bond acceptors (Lipinski definition) is 6. The number of nitrogens with two attached hydrogens (primary N) is 2. The molecule has 0 heterocycles. The lowest BCUT2D eigenvalue weighted by Crippen LogP contribution is -2.56. The van der Waals surface area contributed by atoms with E-state index in [1.807, 2.05) is 10.6 Å². The monoisotopic (exact) mass is 262 g/mol. The number of aliphatic carboxylic acids is 2. The highest BCUT2D eigenvalue weighted by molar-refractivity contribution is 6.02. The molecule has 0 saturated heterocycles. The van der Waals surface area contributed by atoms with E-state index in [-0.39, 0.29) is 6.54 Å². The minimum absolute atomic E-state index is 0.330. The van der Waals surface area contributed by atoms with Gasteiger partial charge < -0.3 is 32.3 Å². The largest absolute Gasteiger partial charge is 0.480 e. The van der Waals surface area contributed by atoms with Crippen LogP contribution in [0.3, 0.4) is 0 Å². The van der Waals surface area contributed by atoms with Crippen LogP contribution in [0.1, 0.15) is 0 Å². The van der Waals surface area contributed by atoms with Crippen molar-refractivity contribution in [3.05, 3.63) is 0 Å². The van der Waals surface area contributed by atoms with E-state index in [4.69, 9.17) is 21.7 Å². The standard InChI is InChI=1S/C8H14N4O6/c9-1-3(6(15)11-2-4(13)14)12-7(16)5(10)8(17)18/h3,5H,1-2,9-10H2,(H,11,15)(H,12,16)(H,13,14)(H,17,18)/t3-,5-/m0/s1. The summed E-state index contributed by atoms with van der Waals surface area (Å²) in [5, 5.41) is 20.8. The maximum absolute atomic E-state index is 11.3. The van der Waals surface area contributed by atoms with Crippen LogP contribution in [0, 0.1) is 0 Å². The lowest BCUT2D eigenvalue weighted by Gasteiger charge is -2.17.